The molecule has 3 aromatic rings. The van der Waals surface area contributed by atoms with Gasteiger partial charge in [0.1, 0.15) is 17.3 Å². The summed E-state index contributed by atoms with van der Waals surface area (Å²) in [7, 11) is 0. The van der Waals surface area contributed by atoms with E-state index < -0.39 is 0 Å². The van der Waals surface area contributed by atoms with Gasteiger partial charge in [0, 0.05) is 22.8 Å². The maximum absolute atomic E-state index is 5.97. The number of thiazole rings is 1. The van der Waals surface area contributed by atoms with Crippen molar-refractivity contribution in [2.45, 2.75) is 6.61 Å². The van der Waals surface area contributed by atoms with Gasteiger partial charge in [0.15, 0.2) is 4.96 Å². The molecule has 1 aromatic carbocycles. The van der Waals surface area contributed by atoms with E-state index in [0.29, 0.717) is 22.9 Å². The number of imidazole rings is 1. The van der Waals surface area contributed by atoms with Gasteiger partial charge in [0.05, 0.1) is 11.3 Å². The van der Waals surface area contributed by atoms with Crippen molar-refractivity contribution in [3.8, 4) is 5.75 Å². The van der Waals surface area contributed by atoms with E-state index in [1.54, 1.807) is 29.5 Å². The van der Waals surface area contributed by atoms with E-state index in [9.17, 15) is 0 Å². The molecule has 0 unspecified atom stereocenters. The van der Waals surface area contributed by atoms with Crippen molar-refractivity contribution in [1.82, 2.24) is 9.38 Å². The molecular weight excluding hydrogens is 314 g/mol. The third-order valence-electron chi connectivity index (χ3n) is 2.73. The zero-order chi connectivity index (χ0) is 14.1. The van der Waals surface area contributed by atoms with Crippen molar-refractivity contribution in [3.63, 3.8) is 0 Å². The molecule has 0 bridgehead atoms. The summed E-state index contributed by atoms with van der Waals surface area (Å²) >= 11 is 12.5. The second kappa shape index (κ2) is 5.40. The summed E-state index contributed by atoms with van der Waals surface area (Å²) in [6.07, 6.45) is 3.88. The lowest BCUT2D eigenvalue weighted by Gasteiger charge is -2.09. The van der Waals surface area contributed by atoms with E-state index in [1.807, 2.05) is 22.2 Å². The summed E-state index contributed by atoms with van der Waals surface area (Å²) in [4.78, 5) is 5.66. The van der Waals surface area contributed by atoms with Crippen molar-refractivity contribution >= 4 is 45.1 Å². The molecule has 2 heterocycles. The standard InChI is InChI=1S/C13H10ClN3OS2/c14-8-1-2-10(12(15)19)11(5-8)18-7-9-6-17-3-4-20-13(17)16-9/h1-6H,7H2,(H2,15,19). The Morgan fingerprint density at radius 1 is 1.50 bits per heavy atom. The molecule has 0 fully saturated rings. The van der Waals surface area contributed by atoms with Crippen LogP contribution in [0.15, 0.2) is 36.0 Å². The highest BCUT2D eigenvalue weighted by Crippen LogP contribution is 2.24. The first-order chi connectivity index (χ1) is 9.63. The molecule has 3 rings (SSSR count). The van der Waals surface area contributed by atoms with Gasteiger partial charge in [-0.2, -0.15) is 0 Å². The summed E-state index contributed by atoms with van der Waals surface area (Å²) in [5.41, 5.74) is 7.18. The van der Waals surface area contributed by atoms with Crippen LogP contribution >= 0.6 is 35.2 Å². The zero-order valence-corrected chi connectivity index (χ0v) is 12.6. The van der Waals surface area contributed by atoms with E-state index >= 15 is 0 Å². The number of aromatic nitrogens is 2. The number of rotatable bonds is 4. The van der Waals surface area contributed by atoms with Gasteiger partial charge in [-0.1, -0.05) is 23.8 Å². The van der Waals surface area contributed by atoms with Crippen molar-refractivity contribution in [1.29, 1.82) is 0 Å². The number of benzene rings is 1. The highest BCUT2D eigenvalue weighted by atomic mass is 35.5. The summed E-state index contributed by atoms with van der Waals surface area (Å²) in [5, 5.41) is 2.56. The van der Waals surface area contributed by atoms with Gasteiger partial charge in [-0.15, -0.1) is 11.3 Å². The van der Waals surface area contributed by atoms with E-state index in [4.69, 9.17) is 34.3 Å². The van der Waals surface area contributed by atoms with Crippen molar-refractivity contribution in [2.24, 2.45) is 5.73 Å². The molecule has 4 nitrogen and oxygen atoms in total. The highest BCUT2D eigenvalue weighted by Gasteiger charge is 2.09. The second-order valence-electron chi connectivity index (χ2n) is 4.12. The SMILES string of the molecule is NC(=S)c1ccc(Cl)cc1OCc1cn2ccsc2n1. The van der Waals surface area contributed by atoms with Crippen LogP contribution in [0.25, 0.3) is 4.96 Å². The Hall–Kier alpha value is -1.63. The van der Waals surface area contributed by atoms with E-state index in [1.165, 1.54) is 0 Å². The van der Waals surface area contributed by atoms with Gasteiger partial charge in [-0.05, 0) is 18.2 Å². The van der Waals surface area contributed by atoms with Crippen LogP contribution in [-0.2, 0) is 6.61 Å². The first kappa shape index (κ1) is 13.4. The monoisotopic (exact) mass is 323 g/mol. The Bertz CT molecular complexity index is 752. The number of thiocarbonyl (C=S) groups is 1. The number of nitrogens with zero attached hydrogens (tertiary/aromatic N) is 2. The largest absolute Gasteiger partial charge is 0.486 e. The quantitative estimate of drug-likeness (QED) is 0.749. The fourth-order valence-corrected chi connectivity index (χ4v) is 2.87. The van der Waals surface area contributed by atoms with Crippen molar-refractivity contribution in [3.05, 3.63) is 52.3 Å². The molecule has 0 aliphatic heterocycles. The Balaban J connectivity index is 1.82. The molecule has 2 aromatic heterocycles. The van der Waals surface area contributed by atoms with Crippen LogP contribution < -0.4 is 10.5 Å². The molecule has 20 heavy (non-hydrogen) atoms. The molecule has 0 saturated heterocycles. The lowest BCUT2D eigenvalue weighted by atomic mass is 10.2. The average molecular weight is 324 g/mol. The highest BCUT2D eigenvalue weighted by molar-refractivity contribution is 7.80. The van der Waals surface area contributed by atoms with Crippen LogP contribution in [0.1, 0.15) is 11.3 Å². The lowest BCUT2D eigenvalue weighted by Crippen LogP contribution is -2.11. The minimum atomic E-state index is 0.280. The average Bonchev–Trinajstić information content (AvgIpc) is 2.96. The number of halogens is 1. The van der Waals surface area contributed by atoms with Gasteiger partial charge in [-0.3, -0.25) is 4.40 Å². The normalized spacial score (nSPS) is 10.8. The zero-order valence-electron chi connectivity index (χ0n) is 10.2. The van der Waals surface area contributed by atoms with E-state index in [2.05, 4.69) is 4.98 Å². The van der Waals surface area contributed by atoms with E-state index in [0.717, 1.165) is 10.7 Å². The number of hydrogen-bond donors (Lipinski definition) is 1. The van der Waals surface area contributed by atoms with Crippen LogP contribution in [0.3, 0.4) is 0 Å². The molecule has 0 saturated carbocycles. The molecule has 102 valence electrons. The molecule has 0 aliphatic rings. The summed E-state index contributed by atoms with van der Waals surface area (Å²) in [5.74, 6) is 0.571. The first-order valence-electron chi connectivity index (χ1n) is 5.77. The van der Waals surface area contributed by atoms with Gasteiger partial charge >= 0.3 is 0 Å². The van der Waals surface area contributed by atoms with Gasteiger partial charge in [-0.25, -0.2) is 4.98 Å². The minimum Gasteiger partial charge on any atom is -0.486 e. The number of fused-ring (bicyclic) bond motifs is 1. The first-order valence-corrected chi connectivity index (χ1v) is 7.43. The van der Waals surface area contributed by atoms with Crippen molar-refractivity contribution < 1.29 is 4.74 Å². The number of ether oxygens (including phenoxy) is 1. The van der Waals surface area contributed by atoms with Gasteiger partial charge in [0.25, 0.3) is 0 Å². The molecule has 0 atom stereocenters. The minimum absolute atomic E-state index is 0.280. The Labute approximate surface area is 129 Å². The predicted octanol–water partition coefficient (Wildman–Crippen LogP) is 3.26. The topological polar surface area (TPSA) is 52.5 Å². The van der Waals surface area contributed by atoms with Crippen LogP contribution in [0.2, 0.25) is 5.02 Å². The molecule has 2 N–H and O–H groups in total. The maximum atomic E-state index is 5.97. The smallest absolute Gasteiger partial charge is 0.193 e. The lowest BCUT2D eigenvalue weighted by molar-refractivity contribution is 0.301. The summed E-state index contributed by atoms with van der Waals surface area (Å²) < 4.78 is 7.70. The molecular formula is C13H10ClN3OS2. The summed E-state index contributed by atoms with van der Waals surface area (Å²) in [6, 6.07) is 5.19. The van der Waals surface area contributed by atoms with Crippen LogP contribution in [0.4, 0.5) is 0 Å². The number of hydrogen-bond acceptors (Lipinski definition) is 4. The Morgan fingerprint density at radius 3 is 3.10 bits per heavy atom. The van der Waals surface area contributed by atoms with Crippen LogP contribution in [0.5, 0.6) is 5.75 Å². The third-order valence-corrected chi connectivity index (χ3v) is 3.95. The molecule has 7 heteroatoms. The van der Waals surface area contributed by atoms with Crippen LogP contribution in [0, 0.1) is 0 Å². The maximum Gasteiger partial charge on any atom is 0.193 e. The fourth-order valence-electron chi connectivity index (χ4n) is 1.82. The van der Waals surface area contributed by atoms with Gasteiger partial charge < -0.3 is 10.5 Å². The summed E-state index contributed by atoms with van der Waals surface area (Å²) in [6.45, 7) is 0.338. The second-order valence-corrected chi connectivity index (χ2v) is 5.87. The molecule has 0 amide bonds. The third kappa shape index (κ3) is 2.63. The number of nitrogens with two attached hydrogens (primary N) is 1. The molecule has 0 spiro atoms. The Kier molecular flexibility index (Phi) is 3.60. The Morgan fingerprint density at radius 2 is 2.35 bits per heavy atom. The molecule has 0 radical (unpaired) electrons. The predicted molar refractivity (Wildman–Crippen MR) is 84.7 cm³/mol. The van der Waals surface area contributed by atoms with Crippen LogP contribution in [-0.4, -0.2) is 14.4 Å². The van der Waals surface area contributed by atoms with Gasteiger partial charge in [0.2, 0.25) is 0 Å². The van der Waals surface area contributed by atoms with Crippen molar-refractivity contribution in [2.75, 3.05) is 0 Å². The van der Waals surface area contributed by atoms with E-state index in [-0.39, 0.29) is 4.99 Å². The fraction of sp³-hybridized carbons (Fsp3) is 0.0769. The molecule has 0 aliphatic carbocycles.